The topological polar surface area (TPSA) is 75.6 Å². The van der Waals surface area contributed by atoms with Gasteiger partial charge in [-0.25, -0.2) is 9.18 Å². The Hall–Kier alpha value is -3.41. The number of halogens is 1. The number of anilines is 1. The van der Waals surface area contributed by atoms with Gasteiger partial charge in [-0.15, -0.1) is 0 Å². The summed E-state index contributed by atoms with van der Waals surface area (Å²) in [5.74, 6) is -2.32. The quantitative estimate of drug-likeness (QED) is 0.698. The predicted molar refractivity (Wildman–Crippen MR) is 95.5 cm³/mol. The lowest BCUT2D eigenvalue weighted by molar-refractivity contribution is -0.123. The monoisotopic (exact) mass is 353 g/mol. The van der Waals surface area contributed by atoms with Crippen LogP contribution in [0.15, 0.2) is 60.7 Å². The van der Waals surface area contributed by atoms with Gasteiger partial charge in [0.05, 0.1) is 5.69 Å². The first-order valence-electron chi connectivity index (χ1n) is 7.94. The molecule has 5 nitrogen and oxygen atoms in total. The van der Waals surface area contributed by atoms with Crippen molar-refractivity contribution in [1.82, 2.24) is 0 Å². The first-order chi connectivity index (χ1) is 12.5. The number of aromatic hydroxyl groups is 1. The molecule has 0 radical (unpaired) electrons. The molecule has 0 fully saturated rings. The molecule has 6 heteroatoms. The Labute approximate surface area is 149 Å². The number of carbonyl (C=O) groups excluding carboxylic acids is 2. The Kier molecular flexibility index (Phi) is 4.84. The minimum Gasteiger partial charge on any atom is -0.506 e. The third-order valence-electron chi connectivity index (χ3n) is 3.91. The Morgan fingerprint density at radius 1 is 1.04 bits per heavy atom. The van der Waals surface area contributed by atoms with Crippen molar-refractivity contribution in [2.24, 2.45) is 0 Å². The summed E-state index contributed by atoms with van der Waals surface area (Å²) in [5, 5.41) is 13.9. The zero-order valence-electron chi connectivity index (χ0n) is 13.9. The molecule has 132 valence electrons. The summed E-state index contributed by atoms with van der Waals surface area (Å²) >= 11 is 0. The highest BCUT2D eigenvalue weighted by Gasteiger charge is 2.22. The second-order valence-corrected chi connectivity index (χ2v) is 5.70. The van der Waals surface area contributed by atoms with Gasteiger partial charge in [0, 0.05) is 5.39 Å². The second-order valence-electron chi connectivity index (χ2n) is 5.70. The predicted octanol–water partition coefficient (Wildman–Crippen LogP) is 3.87. The lowest BCUT2D eigenvalue weighted by Gasteiger charge is -2.15. The number of amides is 1. The van der Waals surface area contributed by atoms with Crippen LogP contribution in [-0.4, -0.2) is 23.1 Å². The molecule has 26 heavy (non-hydrogen) atoms. The van der Waals surface area contributed by atoms with E-state index in [4.69, 9.17) is 4.74 Å². The maximum absolute atomic E-state index is 13.6. The molecular weight excluding hydrogens is 337 g/mol. The van der Waals surface area contributed by atoms with Crippen LogP contribution >= 0.6 is 0 Å². The normalized spacial score (nSPS) is 11.8. The van der Waals surface area contributed by atoms with Crippen molar-refractivity contribution < 1.29 is 23.8 Å². The minimum atomic E-state index is -1.17. The molecule has 0 aliphatic rings. The van der Waals surface area contributed by atoms with E-state index in [0.29, 0.717) is 5.39 Å². The summed E-state index contributed by atoms with van der Waals surface area (Å²) in [4.78, 5) is 24.4. The Bertz CT molecular complexity index is 986. The van der Waals surface area contributed by atoms with Crippen molar-refractivity contribution in [3.63, 3.8) is 0 Å². The molecule has 1 amide bonds. The fourth-order valence-electron chi connectivity index (χ4n) is 2.49. The van der Waals surface area contributed by atoms with Crippen LogP contribution in [0.2, 0.25) is 0 Å². The Morgan fingerprint density at radius 2 is 1.73 bits per heavy atom. The Morgan fingerprint density at radius 3 is 2.50 bits per heavy atom. The molecule has 3 rings (SSSR count). The minimum absolute atomic E-state index is 0.00560. The van der Waals surface area contributed by atoms with Gasteiger partial charge < -0.3 is 15.2 Å². The van der Waals surface area contributed by atoms with Gasteiger partial charge in [0.1, 0.15) is 17.1 Å². The molecule has 0 unspecified atom stereocenters. The first kappa shape index (κ1) is 17.4. The number of nitrogens with one attached hydrogen (secondary N) is 1. The standard InChI is InChI=1S/C20H16FNO4/c1-12(19(24)22-17-9-5-4-8-16(17)21)26-20(25)15-11-10-13-6-2-3-7-14(13)18(15)23/h2-12,23H,1H3,(H,22,24)/t12-/m1/s1. The summed E-state index contributed by atoms with van der Waals surface area (Å²) < 4.78 is 18.7. The molecule has 2 N–H and O–H groups in total. The zero-order chi connectivity index (χ0) is 18.7. The summed E-state index contributed by atoms with van der Waals surface area (Å²) in [6, 6.07) is 15.8. The van der Waals surface area contributed by atoms with E-state index in [9.17, 15) is 19.1 Å². The number of hydrogen-bond acceptors (Lipinski definition) is 4. The van der Waals surface area contributed by atoms with E-state index < -0.39 is 23.8 Å². The van der Waals surface area contributed by atoms with Gasteiger partial charge in [0.25, 0.3) is 5.91 Å². The molecule has 0 aromatic heterocycles. The largest absolute Gasteiger partial charge is 0.506 e. The van der Waals surface area contributed by atoms with Gasteiger partial charge in [-0.1, -0.05) is 42.5 Å². The van der Waals surface area contributed by atoms with E-state index in [-0.39, 0.29) is 17.0 Å². The van der Waals surface area contributed by atoms with Crippen molar-refractivity contribution in [2.75, 3.05) is 5.32 Å². The van der Waals surface area contributed by atoms with Crippen LogP contribution in [0.4, 0.5) is 10.1 Å². The smallest absolute Gasteiger partial charge is 0.342 e. The van der Waals surface area contributed by atoms with E-state index in [1.54, 1.807) is 30.3 Å². The number of hydrogen-bond donors (Lipinski definition) is 2. The van der Waals surface area contributed by atoms with Gasteiger partial charge in [0.15, 0.2) is 6.10 Å². The lowest BCUT2D eigenvalue weighted by Crippen LogP contribution is -2.30. The molecule has 0 heterocycles. The fraction of sp³-hybridized carbons (Fsp3) is 0.100. The molecular formula is C20H16FNO4. The van der Waals surface area contributed by atoms with Crippen LogP contribution < -0.4 is 5.32 Å². The first-order valence-corrected chi connectivity index (χ1v) is 7.94. The van der Waals surface area contributed by atoms with Crippen LogP contribution in [-0.2, 0) is 9.53 Å². The number of rotatable bonds is 4. The van der Waals surface area contributed by atoms with Crippen LogP contribution in [0, 0.1) is 5.82 Å². The van der Waals surface area contributed by atoms with E-state index in [1.165, 1.54) is 31.2 Å². The third kappa shape index (κ3) is 3.49. The lowest BCUT2D eigenvalue weighted by atomic mass is 10.1. The van der Waals surface area contributed by atoms with E-state index >= 15 is 0 Å². The highest BCUT2D eigenvalue weighted by atomic mass is 19.1. The molecule has 0 aliphatic carbocycles. The van der Waals surface area contributed by atoms with Crippen LogP contribution in [0.1, 0.15) is 17.3 Å². The molecule has 0 aliphatic heterocycles. The van der Waals surface area contributed by atoms with E-state index in [1.807, 2.05) is 6.07 Å². The number of phenols is 1. The van der Waals surface area contributed by atoms with Crippen LogP contribution in [0.3, 0.4) is 0 Å². The average Bonchev–Trinajstić information content (AvgIpc) is 2.64. The number of esters is 1. The average molecular weight is 353 g/mol. The number of carbonyl (C=O) groups is 2. The summed E-state index contributed by atoms with van der Waals surface area (Å²) in [7, 11) is 0. The number of fused-ring (bicyclic) bond motifs is 1. The Balaban J connectivity index is 1.74. The summed E-state index contributed by atoms with van der Waals surface area (Å²) in [5.41, 5.74) is -0.0526. The second kappa shape index (κ2) is 7.23. The summed E-state index contributed by atoms with van der Waals surface area (Å²) in [6.07, 6.45) is -1.17. The molecule has 0 bridgehead atoms. The maximum Gasteiger partial charge on any atom is 0.342 e. The molecule has 3 aromatic carbocycles. The van der Waals surface area contributed by atoms with Crippen molar-refractivity contribution in [2.45, 2.75) is 13.0 Å². The number of phenolic OH excluding ortho intramolecular Hbond substituents is 1. The van der Waals surface area contributed by atoms with Gasteiger partial charge >= 0.3 is 5.97 Å². The zero-order valence-corrected chi connectivity index (χ0v) is 13.9. The molecule has 1 atom stereocenters. The maximum atomic E-state index is 13.6. The van der Waals surface area contributed by atoms with E-state index in [2.05, 4.69) is 5.32 Å². The number of para-hydroxylation sites is 1. The van der Waals surface area contributed by atoms with Gasteiger partial charge in [-0.3, -0.25) is 4.79 Å². The van der Waals surface area contributed by atoms with Crippen molar-refractivity contribution in [3.8, 4) is 5.75 Å². The summed E-state index contributed by atoms with van der Waals surface area (Å²) in [6.45, 7) is 1.37. The number of benzene rings is 3. The van der Waals surface area contributed by atoms with Crippen molar-refractivity contribution >= 4 is 28.3 Å². The van der Waals surface area contributed by atoms with Crippen molar-refractivity contribution in [1.29, 1.82) is 0 Å². The number of ether oxygens (including phenoxy) is 1. The molecule has 3 aromatic rings. The van der Waals surface area contributed by atoms with Crippen LogP contribution in [0.5, 0.6) is 5.75 Å². The van der Waals surface area contributed by atoms with Gasteiger partial charge in [-0.05, 0) is 30.5 Å². The highest BCUT2D eigenvalue weighted by Crippen LogP contribution is 2.29. The third-order valence-corrected chi connectivity index (χ3v) is 3.91. The highest BCUT2D eigenvalue weighted by molar-refractivity contribution is 6.02. The molecule has 0 saturated carbocycles. The molecule has 0 spiro atoms. The van der Waals surface area contributed by atoms with Crippen LogP contribution in [0.25, 0.3) is 10.8 Å². The fourth-order valence-corrected chi connectivity index (χ4v) is 2.49. The van der Waals surface area contributed by atoms with Crippen molar-refractivity contribution in [3.05, 3.63) is 72.0 Å². The van der Waals surface area contributed by atoms with Gasteiger partial charge in [-0.2, -0.15) is 0 Å². The van der Waals surface area contributed by atoms with Gasteiger partial charge in [0.2, 0.25) is 0 Å². The SMILES string of the molecule is C[C@@H](OC(=O)c1ccc2ccccc2c1O)C(=O)Nc1ccccc1F. The molecule has 0 saturated heterocycles. The van der Waals surface area contributed by atoms with E-state index in [0.717, 1.165) is 5.39 Å².